The summed E-state index contributed by atoms with van der Waals surface area (Å²) in [6, 6.07) is 60.8. The number of fused-ring (bicyclic) bond motifs is 9. The molecule has 0 radical (unpaired) electrons. The summed E-state index contributed by atoms with van der Waals surface area (Å²) in [4.78, 5) is 20.4. The summed E-state index contributed by atoms with van der Waals surface area (Å²) in [6.45, 7) is 0. The maximum atomic E-state index is 6.49. The Bertz CT molecular complexity index is 3470. The van der Waals surface area contributed by atoms with Crippen LogP contribution >= 0.6 is 0 Å². The Balaban J connectivity index is 1.16. The largest absolute Gasteiger partial charge is 0.456 e. The highest BCUT2D eigenvalue weighted by molar-refractivity contribution is 6.18. The summed E-state index contributed by atoms with van der Waals surface area (Å²) in [5.74, 6) is 1.64. The first-order valence-electron chi connectivity index (χ1n) is 19.0. The van der Waals surface area contributed by atoms with Gasteiger partial charge in [0.2, 0.25) is 11.9 Å². The lowest BCUT2D eigenvalue weighted by atomic mass is 9.99. The Hall–Kier alpha value is -7.90. The van der Waals surface area contributed by atoms with Gasteiger partial charge in [0.25, 0.3) is 0 Å². The van der Waals surface area contributed by atoms with E-state index in [0.717, 1.165) is 93.5 Å². The van der Waals surface area contributed by atoms with Crippen molar-refractivity contribution in [1.82, 2.24) is 29.1 Å². The molecule has 7 heteroatoms. The molecular weight excluding hydrogens is 701 g/mol. The molecule has 7 nitrogen and oxygen atoms in total. The SMILES string of the molecule is c1ccc(-c2nc(-n3c4ccccc4c4ccccc43)nc(-n3c4ccc(-c5cccc(-c6ccccn6)c5)cc4c4cc5c(cc43)oc3ccccc35)n2)cc1. The van der Waals surface area contributed by atoms with Gasteiger partial charge in [0.1, 0.15) is 11.2 Å². The lowest BCUT2D eigenvalue weighted by molar-refractivity contribution is 0.669. The molecule has 0 aliphatic rings. The molecule has 0 fully saturated rings. The molecule has 12 rings (SSSR count). The van der Waals surface area contributed by atoms with E-state index in [2.05, 4.69) is 129 Å². The van der Waals surface area contributed by atoms with Crippen LogP contribution in [0.5, 0.6) is 0 Å². The highest BCUT2D eigenvalue weighted by atomic mass is 16.3. The van der Waals surface area contributed by atoms with Gasteiger partial charge in [0.05, 0.1) is 27.8 Å². The second-order valence-electron chi connectivity index (χ2n) is 14.3. The van der Waals surface area contributed by atoms with Gasteiger partial charge in [-0.2, -0.15) is 15.0 Å². The number of hydrogen-bond acceptors (Lipinski definition) is 5. The molecule has 0 saturated carbocycles. The highest BCUT2D eigenvalue weighted by Crippen LogP contribution is 2.40. The molecule has 0 bridgehead atoms. The lowest BCUT2D eigenvalue weighted by Crippen LogP contribution is -2.10. The van der Waals surface area contributed by atoms with Gasteiger partial charge in [-0.3, -0.25) is 14.1 Å². The molecule has 5 heterocycles. The molecule has 266 valence electrons. The minimum absolute atomic E-state index is 0.515. The van der Waals surface area contributed by atoms with Crippen LogP contribution in [0.2, 0.25) is 0 Å². The molecule has 0 aliphatic carbocycles. The lowest BCUT2D eigenvalue weighted by Gasteiger charge is -2.12. The number of nitrogens with zero attached hydrogens (tertiary/aromatic N) is 6. The summed E-state index contributed by atoms with van der Waals surface area (Å²) in [7, 11) is 0. The van der Waals surface area contributed by atoms with Crippen molar-refractivity contribution in [3.8, 4) is 45.7 Å². The van der Waals surface area contributed by atoms with Gasteiger partial charge in [-0.05, 0) is 65.7 Å². The zero-order chi connectivity index (χ0) is 37.5. The summed E-state index contributed by atoms with van der Waals surface area (Å²) in [5, 5.41) is 6.58. The van der Waals surface area contributed by atoms with Crippen molar-refractivity contribution < 1.29 is 4.42 Å². The summed E-state index contributed by atoms with van der Waals surface area (Å²) in [6.07, 6.45) is 1.83. The monoisotopic (exact) mass is 730 g/mol. The second kappa shape index (κ2) is 12.3. The number of furan rings is 1. The zero-order valence-electron chi connectivity index (χ0n) is 30.4. The minimum Gasteiger partial charge on any atom is -0.456 e. The van der Waals surface area contributed by atoms with E-state index in [4.69, 9.17) is 19.4 Å². The van der Waals surface area contributed by atoms with Crippen LogP contribution in [0.4, 0.5) is 0 Å². The fraction of sp³-hybridized carbons (Fsp3) is 0. The summed E-state index contributed by atoms with van der Waals surface area (Å²) < 4.78 is 10.8. The second-order valence-corrected chi connectivity index (χ2v) is 14.3. The number of rotatable bonds is 5. The Labute approximate surface area is 325 Å². The van der Waals surface area contributed by atoms with Gasteiger partial charge >= 0.3 is 0 Å². The van der Waals surface area contributed by atoms with Crippen molar-refractivity contribution in [2.24, 2.45) is 0 Å². The van der Waals surface area contributed by atoms with E-state index in [0.29, 0.717) is 17.7 Å². The van der Waals surface area contributed by atoms with Crippen LogP contribution in [-0.4, -0.2) is 29.1 Å². The average molecular weight is 731 g/mol. The third-order valence-electron chi connectivity index (χ3n) is 11.0. The van der Waals surface area contributed by atoms with Crippen LogP contribution in [0.15, 0.2) is 187 Å². The van der Waals surface area contributed by atoms with Gasteiger partial charge in [-0.25, -0.2) is 0 Å². The van der Waals surface area contributed by atoms with Gasteiger partial charge in [-0.15, -0.1) is 0 Å². The quantitative estimate of drug-likeness (QED) is 0.176. The number of hydrogen-bond donors (Lipinski definition) is 0. The molecule has 0 spiro atoms. The van der Waals surface area contributed by atoms with E-state index in [-0.39, 0.29) is 0 Å². The molecule has 0 aliphatic heterocycles. The number of pyridine rings is 1. The number of benzene rings is 7. The van der Waals surface area contributed by atoms with Gasteiger partial charge in [0, 0.05) is 55.7 Å². The molecule has 5 aromatic heterocycles. The number of para-hydroxylation sites is 3. The van der Waals surface area contributed by atoms with Crippen LogP contribution in [0, 0.1) is 0 Å². The van der Waals surface area contributed by atoms with E-state index >= 15 is 0 Å². The molecule has 0 N–H and O–H groups in total. The van der Waals surface area contributed by atoms with E-state index in [1.807, 2.05) is 66.9 Å². The molecular formula is C50H30N6O. The predicted molar refractivity (Wildman–Crippen MR) is 230 cm³/mol. The van der Waals surface area contributed by atoms with Crippen LogP contribution < -0.4 is 0 Å². The van der Waals surface area contributed by atoms with Crippen molar-refractivity contribution in [3.63, 3.8) is 0 Å². The van der Waals surface area contributed by atoms with E-state index < -0.39 is 0 Å². The van der Waals surface area contributed by atoms with Crippen molar-refractivity contribution in [2.45, 2.75) is 0 Å². The maximum absolute atomic E-state index is 6.49. The topological polar surface area (TPSA) is 74.6 Å². The predicted octanol–water partition coefficient (Wildman–Crippen LogP) is 12.4. The Morgan fingerprint density at radius 2 is 0.965 bits per heavy atom. The average Bonchev–Trinajstić information content (AvgIpc) is 3.93. The summed E-state index contributed by atoms with van der Waals surface area (Å²) >= 11 is 0. The fourth-order valence-corrected chi connectivity index (χ4v) is 8.43. The first-order valence-corrected chi connectivity index (χ1v) is 19.0. The highest BCUT2D eigenvalue weighted by Gasteiger charge is 2.22. The fourth-order valence-electron chi connectivity index (χ4n) is 8.43. The van der Waals surface area contributed by atoms with Crippen molar-refractivity contribution in [1.29, 1.82) is 0 Å². The van der Waals surface area contributed by atoms with Gasteiger partial charge in [-0.1, -0.05) is 115 Å². The molecule has 57 heavy (non-hydrogen) atoms. The number of aromatic nitrogens is 6. The van der Waals surface area contributed by atoms with E-state index in [1.165, 1.54) is 0 Å². The molecule has 0 atom stereocenters. The minimum atomic E-state index is 0.515. The van der Waals surface area contributed by atoms with Gasteiger partial charge < -0.3 is 4.42 Å². The van der Waals surface area contributed by atoms with Crippen LogP contribution in [0.1, 0.15) is 0 Å². The third-order valence-corrected chi connectivity index (χ3v) is 11.0. The first-order chi connectivity index (χ1) is 28.2. The maximum Gasteiger partial charge on any atom is 0.240 e. The van der Waals surface area contributed by atoms with Crippen LogP contribution in [0.3, 0.4) is 0 Å². The molecule has 0 amide bonds. The van der Waals surface area contributed by atoms with Crippen molar-refractivity contribution in [3.05, 3.63) is 182 Å². The smallest absolute Gasteiger partial charge is 0.240 e. The molecule has 0 saturated heterocycles. The third kappa shape index (κ3) is 4.92. The van der Waals surface area contributed by atoms with Gasteiger partial charge in [0.15, 0.2) is 5.82 Å². The normalized spacial score (nSPS) is 11.9. The van der Waals surface area contributed by atoms with Crippen molar-refractivity contribution in [2.75, 3.05) is 0 Å². The Kier molecular flexibility index (Phi) is 6.79. The summed E-state index contributed by atoms with van der Waals surface area (Å²) in [5.41, 5.74) is 10.7. The standard InChI is InChI=1S/C50H30N6O/c1-2-13-31(14-3-1)48-52-49(55-42-21-7-4-17-35(42)36-18-5-8-22-43(36)55)54-50(53-48)56-44-25-24-33(32-15-12-16-34(27-32)41-20-10-11-26-51-41)28-38(44)39-29-40-37-19-6-9-23-46(37)57-47(40)30-45(39)56/h1-30H. The molecule has 0 unspecified atom stereocenters. The van der Waals surface area contributed by atoms with Crippen LogP contribution in [-0.2, 0) is 0 Å². The van der Waals surface area contributed by atoms with E-state index in [1.54, 1.807) is 0 Å². The molecule has 7 aromatic carbocycles. The Morgan fingerprint density at radius 3 is 1.74 bits per heavy atom. The van der Waals surface area contributed by atoms with Crippen LogP contribution in [0.25, 0.3) is 111 Å². The van der Waals surface area contributed by atoms with E-state index in [9.17, 15) is 0 Å². The Morgan fingerprint density at radius 1 is 0.351 bits per heavy atom. The van der Waals surface area contributed by atoms with Crippen molar-refractivity contribution >= 4 is 65.6 Å². The first kappa shape index (κ1) is 31.5. The molecule has 12 aromatic rings. The zero-order valence-corrected chi connectivity index (χ0v) is 30.4.